The zero-order chi connectivity index (χ0) is 16.0. The second-order valence-electron chi connectivity index (χ2n) is 6.23. The molecule has 0 aromatic rings. The molecule has 130 valence electrons. The first-order chi connectivity index (χ1) is 10.8. The third-order valence-corrected chi connectivity index (χ3v) is 3.90. The van der Waals surface area contributed by atoms with Crippen molar-refractivity contribution in [3.63, 3.8) is 0 Å². The molecule has 1 saturated heterocycles. The molecule has 0 saturated carbocycles. The van der Waals surface area contributed by atoms with Crippen molar-refractivity contribution in [3.8, 4) is 0 Å². The van der Waals surface area contributed by atoms with Crippen LogP contribution < -0.4 is 10.6 Å². The fraction of sp³-hybridized carbons (Fsp3) is 0.941. The van der Waals surface area contributed by atoms with Crippen LogP contribution >= 0.6 is 0 Å². The summed E-state index contributed by atoms with van der Waals surface area (Å²) in [5.74, 6) is 1.54. The molecule has 0 spiro atoms. The number of unbranched alkanes of at least 4 members (excludes halogenated alkanes) is 3. The lowest BCUT2D eigenvalue weighted by molar-refractivity contribution is 0.0323. The van der Waals surface area contributed by atoms with Gasteiger partial charge < -0.3 is 15.4 Å². The Morgan fingerprint density at radius 2 is 1.91 bits per heavy atom. The Bertz CT molecular complexity index is 290. The Hall–Kier alpha value is -0.810. The molecule has 0 radical (unpaired) electrons. The fourth-order valence-electron chi connectivity index (χ4n) is 2.63. The summed E-state index contributed by atoms with van der Waals surface area (Å²) in [6.45, 7) is 14.4. The van der Waals surface area contributed by atoms with Gasteiger partial charge in [-0.05, 0) is 19.3 Å². The molecule has 5 nitrogen and oxygen atoms in total. The van der Waals surface area contributed by atoms with Crippen LogP contribution in [0.2, 0.25) is 0 Å². The SMILES string of the molecule is CCCCCCNC(=NCC(C)CN1CCOCC1)NCC. The minimum Gasteiger partial charge on any atom is -0.379 e. The third-order valence-electron chi connectivity index (χ3n) is 3.90. The van der Waals surface area contributed by atoms with Crippen molar-refractivity contribution in [2.75, 3.05) is 52.5 Å². The summed E-state index contributed by atoms with van der Waals surface area (Å²) >= 11 is 0. The normalized spacial score (nSPS) is 18.2. The Morgan fingerprint density at radius 1 is 1.14 bits per heavy atom. The highest BCUT2D eigenvalue weighted by Crippen LogP contribution is 2.04. The maximum atomic E-state index is 5.39. The van der Waals surface area contributed by atoms with Crippen molar-refractivity contribution in [1.82, 2.24) is 15.5 Å². The Kier molecular flexibility index (Phi) is 11.1. The molecule has 1 aliphatic heterocycles. The summed E-state index contributed by atoms with van der Waals surface area (Å²) in [6.07, 6.45) is 5.14. The molecule has 1 fully saturated rings. The number of hydrogen-bond acceptors (Lipinski definition) is 3. The van der Waals surface area contributed by atoms with E-state index in [1.807, 2.05) is 0 Å². The highest BCUT2D eigenvalue weighted by atomic mass is 16.5. The molecule has 1 heterocycles. The largest absolute Gasteiger partial charge is 0.379 e. The first-order valence-electron chi connectivity index (χ1n) is 9.08. The Morgan fingerprint density at radius 3 is 2.59 bits per heavy atom. The molecule has 1 aliphatic rings. The van der Waals surface area contributed by atoms with E-state index in [-0.39, 0.29) is 0 Å². The molecule has 1 unspecified atom stereocenters. The Balaban J connectivity index is 2.23. The molecule has 0 aromatic carbocycles. The number of nitrogens with one attached hydrogen (secondary N) is 2. The minimum absolute atomic E-state index is 0.577. The van der Waals surface area contributed by atoms with Gasteiger partial charge in [-0.2, -0.15) is 0 Å². The highest BCUT2D eigenvalue weighted by molar-refractivity contribution is 5.79. The molecule has 0 bridgehead atoms. The standard InChI is InChI=1S/C17H36N4O/c1-4-6-7-8-9-19-17(18-5-2)20-14-16(3)15-21-10-12-22-13-11-21/h16H,4-15H2,1-3H3,(H2,18,19,20). The van der Waals surface area contributed by atoms with Gasteiger partial charge in [-0.1, -0.05) is 33.1 Å². The van der Waals surface area contributed by atoms with Crippen molar-refractivity contribution < 1.29 is 4.74 Å². The number of guanidine groups is 1. The highest BCUT2D eigenvalue weighted by Gasteiger charge is 2.13. The van der Waals surface area contributed by atoms with Crippen LogP contribution in [0.1, 0.15) is 46.5 Å². The molecule has 0 aromatic heterocycles. The van der Waals surface area contributed by atoms with Crippen LogP contribution in [0.4, 0.5) is 0 Å². The van der Waals surface area contributed by atoms with Crippen molar-refractivity contribution >= 4 is 5.96 Å². The molecule has 1 rings (SSSR count). The third kappa shape index (κ3) is 9.26. The average Bonchev–Trinajstić information content (AvgIpc) is 2.53. The fourth-order valence-corrected chi connectivity index (χ4v) is 2.63. The van der Waals surface area contributed by atoms with Gasteiger partial charge in [-0.25, -0.2) is 0 Å². The number of nitrogens with zero attached hydrogens (tertiary/aromatic N) is 2. The molecule has 0 amide bonds. The summed E-state index contributed by atoms with van der Waals surface area (Å²) < 4.78 is 5.39. The van der Waals surface area contributed by atoms with E-state index >= 15 is 0 Å². The number of ether oxygens (including phenoxy) is 1. The summed E-state index contributed by atoms with van der Waals surface area (Å²) in [4.78, 5) is 7.21. The molecular weight excluding hydrogens is 276 g/mol. The van der Waals surface area contributed by atoms with Gasteiger partial charge >= 0.3 is 0 Å². The first kappa shape index (κ1) is 19.2. The maximum absolute atomic E-state index is 5.39. The predicted molar refractivity (Wildman–Crippen MR) is 94.5 cm³/mol. The predicted octanol–water partition coefficient (Wildman–Crippen LogP) is 2.09. The number of rotatable bonds is 10. The zero-order valence-electron chi connectivity index (χ0n) is 14.9. The summed E-state index contributed by atoms with van der Waals surface area (Å²) in [5, 5.41) is 6.78. The maximum Gasteiger partial charge on any atom is 0.191 e. The lowest BCUT2D eigenvalue weighted by atomic mass is 10.1. The number of hydrogen-bond donors (Lipinski definition) is 2. The van der Waals surface area contributed by atoms with Crippen molar-refractivity contribution in [3.05, 3.63) is 0 Å². The van der Waals surface area contributed by atoms with Crippen molar-refractivity contribution in [2.45, 2.75) is 46.5 Å². The van der Waals surface area contributed by atoms with Crippen molar-refractivity contribution in [2.24, 2.45) is 10.9 Å². The van der Waals surface area contributed by atoms with Crippen molar-refractivity contribution in [1.29, 1.82) is 0 Å². The van der Waals surface area contributed by atoms with E-state index < -0.39 is 0 Å². The number of morpholine rings is 1. The average molecular weight is 313 g/mol. The first-order valence-corrected chi connectivity index (χ1v) is 9.08. The second-order valence-corrected chi connectivity index (χ2v) is 6.23. The Labute approximate surface area is 136 Å². The van der Waals surface area contributed by atoms with Crippen LogP contribution in [0.3, 0.4) is 0 Å². The van der Waals surface area contributed by atoms with Gasteiger partial charge in [0.05, 0.1) is 13.2 Å². The van der Waals surface area contributed by atoms with Crippen LogP contribution in [-0.4, -0.2) is 63.3 Å². The quantitative estimate of drug-likeness (QED) is 0.368. The zero-order valence-corrected chi connectivity index (χ0v) is 14.9. The monoisotopic (exact) mass is 312 g/mol. The van der Waals surface area contributed by atoms with Gasteiger partial charge in [0.25, 0.3) is 0 Å². The van der Waals surface area contributed by atoms with Crippen LogP contribution in [0.15, 0.2) is 4.99 Å². The van der Waals surface area contributed by atoms with Gasteiger partial charge in [-0.3, -0.25) is 9.89 Å². The van der Waals surface area contributed by atoms with E-state index in [1.54, 1.807) is 0 Å². The molecule has 2 N–H and O–H groups in total. The van der Waals surface area contributed by atoms with Crippen LogP contribution in [0.5, 0.6) is 0 Å². The van der Waals surface area contributed by atoms with E-state index in [4.69, 9.17) is 9.73 Å². The van der Waals surface area contributed by atoms with Crippen LogP contribution in [0.25, 0.3) is 0 Å². The smallest absolute Gasteiger partial charge is 0.191 e. The van der Waals surface area contributed by atoms with E-state index in [9.17, 15) is 0 Å². The van der Waals surface area contributed by atoms with Gasteiger partial charge in [0.15, 0.2) is 5.96 Å². The van der Waals surface area contributed by atoms with Crippen LogP contribution in [-0.2, 0) is 4.74 Å². The van der Waals surface area contributed by atoms with Gasteiger partial charge in [0.1, 0.15) is 0 Å². The van der Waals surface area contributed by atoms with E-state index in [0.717, 1.165) is 58.4 Å². The second kappa shape index (κ2) is 12.7. The van der Waals surface area contributed by atoms with Crippen LogP contribution in [0, 0.1) is 5.92 Å². The minimum atomic E-state index is 0.577. The van der Waals surface area contributed by atoms with E-state index in [2.05, 4.69) is 36.3 Å². The van der Waals surface area contributed by atoms with Gasteiger partial charge in [0.2, 0.25) is 0 Å². The molecule has 0 aliphatic carbocycles. The molecular formula is C17H36N4O. The lowest BCUT2D eigenvalue weighted by Gasteiger charge is -2.28. The van der Waals surface area contributed by atoms with E-state index in [0.29, 0.717) is 5.92 Å². The summed E-state index contributed by atoms with van der Waals surface area (Å²) in [6, 6.07) is 0. The molecule has 1 atom stereocenters. The number of aliphatic imine (C=N–C) groups is 1. The summed E-state index contributed by atoms with van der Waals surface area (Å²) in [5.41, 5.74) is 0. The van der Waals surface area contributed by atoms with Gasteiger partial charge in [0, 0.05) is 39.3 Å². The topological polar surface area (TPSA) is 48.9 Å². The lowest BCUT2D eigenvalue weighted by Crippen LogP contribution is -2.40. The van der Waals surface area contributed by atoms with Gasteiger partial charge in [-0.15, -0.1) is 0 Å². The molecule has 22 heavy (non-hydrogen) atoms. The molecule has 5 heteroatoms. The summed E-state index contributed by atoms with van der Waals surface area (Å²) in [7, 11) is 0. The van der Waals surface area contributed by atoms with E-state index in [1.165, 1.54) is 25.7 Å².